The molecule has 0 spiro atoms. The highest BCUT2D eigenvalue weighted by atomic mass is 19.1. The lowest BCUT2D eigenvalue weighted by Gasteiger charge is -2.11. The van der Waals surface area contributed by atoms with Gasteiger partial charge in [0, 0.05) is 35.5 Å². The van der Waals surface area contributed by atoms with Crippen LogP contribution in [0.15, 0.2) is 48.8 Å². The molecule has 7 nitrogen and oxygen atoms in total. The zero-order chi connectivity index (χ0) is 18.0. The first-order valence-electron chi connectivity index (χ1n) is 7.17. The van der Waals surface area contributed by atoms with Gasteiger partial charge in [-0.05, 0) is 17.5 Å². The number of aromatic nitrogens is 1. The first kappa shape index (κ1) is 16.3. The highest BCUT2D eigenvalue weighted by Gasteiger charge is 2.21. The van der Waals surface area contributed by atoms with Crippen LogP contribution in [0, 0.1) is 15.9 Å². The number of halogens is 1. The first-order valence-corrected chi connectivity index (χ1v) is 7.17. The average Bonchev–Trinajstić information content (AvgIpc) is 2.61. The predicted octanol–water partition coefficient (Wildman–Crippen LogP) is 3.54. The Bertz CT molecular complexity index is 986. The molecule has 1 N–H and O–H groups in total. The zero-order valence-electron chi connectivity index (χ0n) is 13.0. The van der Waals surface area contributed by atoms with E-state index in [0.717, 1.165) is 17.5 Å². The molecule has 0 aliphatic carbocycles. The van der Waals surface area contributed by atoms with E-state index in [2.05, 4.69) is 10.3 Å². The maximum absolute atomic E-state index is 13.7. The second-order valence-electron chi connectivity index (χ2n) is 5.12. The number of methoxy groups -OCH3 is 1. The molecule has 0 aliphatic rings. The summed E-state index contributed by atoms with van der Waals surface area (Å²) in [6, 6.07) is 8.69. The van der Waals surface area contributed by atoms with Gasteiger partial charge < -0.3 is 10.1 Å². The van der Waals surface area contributed by atoms with Crippen LogP contribution >= 0.6 is 0 Å². The molecule has 0 bridgehead atoms. The fraction of sp³-hybridized carbons (Fsp3) is 0.0588. The lowest BCUT2D eigenvalue weighted by atomic mass is 10.1. The van der Waals surface area contributed by atoms with E-state index in [1.54, 1.807) is 30.6 Å². The Kier molecular flexibility index (Phi) is 4.25. The number of amides is 1. The van der Waals surface area contributed by atoms with Gasteiger partial charge in [0.2, 0.25) is 5.82 Å². The van der Waals surface area contributed by atoms with Gasteiger partial charge in [0.1, 0.15) is 5.75 Å². The minimum atomic E-state index is -1.05. The Labute approximate surface area is 141 Å². The molecule has 0 saturated heterocycles. The number of hydrogen-bond donors (Lipinski definition) is 1. The number of benzene rings is 2. The molecule has 0 unspecified atom stereocenters. The van der Waals surface area contributed by atoms with Crippen LogP contribution in [0.1, 0.15) is 10.4 Å². The summed E-state index contributed by atoms with van der Waals surface area (Å²) in [5.74, 6) is -1.58. The van der Waals surface area contributed by atoms with Gasteiger partial charge in [-0.1, -0.05) is 12.1 Å². The van der Waals surface area contributed by atoms with Crippen molar-refractivity contribution in [2.75, 3.05) is 12.4 Å². The van der Waals surface area contributed by atoms with E-state index >= 15 is 0 Å². The van der Waals surface area contributed by atoms with Gasteiger partial charge in [-0.15, -0.1) is 0 Å². The van der Waals surface area contributed by atoms with Crippen LogP contribution in [0.5, 0.6) is 5.75 Å². The van der Waals surface area contributed by atoms with Crippen LogP contribution in [0.25, 0.3) is 10.8 Å². The maximum Gasteiger partial charge on any atom is 0.307 e. The van der Waals surface area contributed by atoms with Crippen molar-refractivity contribution in [1.82, 2.24) is 4.98 Å². The van der Waals surface area contributed by atoms with Gasteiger partial charge in [0.15, 0.2) is 0 Å². The Balaban J connectivity index is 2.03. The number of nitro benzene ring substituents is 1. The van der Waals surface area contributed by atoms with E-state index in [1.807, 2.05) is 6.07 Å². The van der Waals surface area contributed by atoms with Crippen molar-refractivity contribution in [3.8, 4) is 5.75 Å². The minimum absolute atomic E-state index is 0.00138. The van der Waals surface area contributed by atoms with Crippen molar-refractivity contribution in [1.29, 1.82) is 0 Å². The molecule has 1 heterocycles. The van der Waals surface area contributed by atoms with Crippen LogP contribution in [0.4, 0.5) is 15.8 Å². The van der Waals surface area contributed by atoms with Crippen molar-refractivity contribution in [2.24, 2.45) is 0 Å². The quantitative estimate of drug-likeness (QED) is 0.578. The third kappa shape index (κ3) is 3.09. The number of fused-ring (bicyclic) bond motifs is 1. The predicted molar refractivity (Wildman–Crippen MR) is 89.3 cm³/mol. The number of anilines is 1. The van der Waals surface area contributed by atoms with Crippen LogP contribution in [-0.4, -0.2) is 22.9 Å². The lowest BCUT2D eigenvalue weighted by Crippen LogP contribution is -2.13. The summed E-state index contributed by atoms with van der Waals surface area (Å²) in [4.78, 5) is 26.6. The van der Waals surface area contributed by atoms with Gasteiger partial charge in [-0.3, -0.25) is 19.9 Å². The molecule has 25 heavy (non-hydrogen) atoms. The molecule has 1 amide bonds. The smallest absolute Gasteiger partial charge is 0.307 e. The van der Waals surface area contributed by atoms with Gasteiger partial charge >= 0.3 is 5.69 Å². The van der Waals surface area contributed by atoms with Crippen molar-refractivity contribution in [2.45, 2.75) is 0 Å². The Morgan fingerprint density at radius 3 is 2.84 bits per heavy atom. The summed E-state index contributed by atoms with van der Waals surface area (Å²) in [6.45, 7) is 0. The molecule has 0 radical (unpaired) electrons. The molecule has 1 aromatic heterocycles. The number of nitrogens with one attached hydrogen (secondary N) is 1. The summed E-state index contributed by atoms with van der Waals surface area (Å²) >= 11 is 0. The number of ether oxygens (including phenoxy) is 1. The molecule has 2 aromatic carbocycles. The van der Waals surface area contributed by atoms with Crippen LogP contribution in [0.3, 0.4) is 0 Å². The first-order chi connectivity index (χ1) is 12.0. The Hall–Kier alpha value is -3.55. The highest BCUT2D eigenvalue weighted by molar-refractivity contribution is 6.13. The van der Waals surface area contributed by atoms with E-state index in [1.165, 1.54) is 7.11 Å². The second kappa shape index (κ2) is 6.52. The molecule has 0 fully saturated rings. The Morgan fingerprint density at radius 1 is 1.32 bits per heavy atom. The number of nitro groups is 1. The Morgan fingerprint density at radius 2 is 2.12 bits per heavy atom. The molecule has 0 atom stereocenters. The van der Waals surface area contributed by atoms with E-state index in [4.69, 9.17) is 4.74 Å². The SMILES string of the molecule is COc1cc(F)c([N+](=O)[O-])cc1NC(=O)c1cccc2ccncc12. The summed E-state index contributed by atoms with van der Waals surface area (Å²) in [7, 11) is 1.28. The third-order valence-corrected chi connectivity index (χ3v) is 3.64. The molecular formula is C17H12FN3O4. The number of nitrogens with zero attached hydrogens (tertiary/aromatic N) is 2. The van der Waals surface area contributed by atoms with Gasteiger partial charge in [0.05, 0.1) is 17.7 Å². The number of carbonyl (C=O) groups excluding carboxylic acids is 1. The van der Waals surface area contributed by atoms with Gasteiger partial charge in [-0.2, -0.15) is 4.39 Å². The normalized spacial score (nSPS) is 10.5. The summed E-state index contributed by atoms with van der Waals surface area (Å²) in [5, 5.41) is 14.9. The summed E-state index contributed by atoms with van der Waals surface area (Å²) in [5.41, 5.74) is -0.420. The third-order valence-electron chi connectivity index (χ3n) is 3.64. The maximum atomic E-state index is 13.7. The average molecular weight is 341 g/mol. The van der Waals surface area contributed by atoms with Crippen molar-refractivity contribution < 1.29 is 18.8 Å². The van der Waals surface area contributed by atoms with E-state index in [0.29, 0.717) is 10.9 Å². The highest BCUT2D eigenvalue weighted by Crippen LogP contribution is 2.32. The molecule has 3 aromatic rings. The molecular weight excluding hydrogens is 329 g/mol. The largest absolute Gasteiger partial charge is 0.494 e. The van der Waals surface area contributed by atoms with Crippen molar-refractivity contribution >= 4 is 28.1 Å². The molecule has 3 rings (SSSR count). The fourth-order valence-electron chi connectivity index (χ4n) is 2.45. The number of pyridine rings is 1. The fourth-order valence-corrected chi connectivity index (χ4v) is 2.45. The van der Waals surface area contributed by atoms with Crippen LogP contribution in [-0.2, 0) is 0 Å². The van der Waals surface area contributed by atoms with Crippen LogP contribution in [0.2, 0.25) is 0 Å². The van der Waals surface area contributed by atoms with Crippen LogP contribution < -0.4 is 10.1 Å². The lowest BCUT2D eigenvalue weighted by molar-refractivity contribution is -0.387. The number of rotatable bonds is 4. The van der Waals surface area contributed by atoms with Gasteiger partial charge in [0.25, 0.3) is 5.91 Å². The minimum Gasteiger partial charge on any atom is -0.494 e. The zero-order valence-corrected chi connectivity index (χ0v) is 13.0. The van der Waals surface area contributed by atoms with E-state index in [-0.39, 0.29) is 11.4 Å². The molecule has 0 saturated carbocycles. The standard InChI is InChI=1S/C17H12FN3O4/c1-25-16-7-13(18)15(21(23)24)8-14(16)20-17(22)11-4-2-3-10-5-6-19-9-12(10)11/h2-9H,1H3,(H,20,22). The van der Waals surface area contributed by atoms with E-state index in [9.17, 15) is 19.3 Å². The molecule has 0 aliphatic heterocycles. The topological polar surface area (TPSA) is 94.4 Å². The number of carbonyl (C=O) groups is 1. The van der Waals surface area contributed by atoms with Crippen molar-refractivity contribution in [3.63, 3.8) is 0 Å². The summed E-state index contributed by atoms with van der Waals surface area (Å²) < 4.78 is 18.7. The molecule has 8 heteroatoms. The second-order valence-corrected chi connectivity index (χ2v) is 5.12. The number of hydrogen-bond acceptors (Lipinski definition) is 5. The molecule has 126 valence electrons. The monoisotopic (exact) mass is 341 g/mol. The van der Waals surface area contributed by atoms with Crippen molar-refractivity contribution in [3.05, 3.63) is 70.3 Å². The van der Waals surface area contributed by atoms with E-state index < -0.39 is 22.3 Å². The summed E-state index contributed by atoms with van der Waals surface area (Å²) in [6.07, 6.45) is 3.16. The van der Waals surface area contributed by atoms with Gasteiger partial charge in [-0.25, -0.2) is 0 Å².